The van der Waals surface area contributed by atoms with Crippen LogP contribution in [0.3, 0.4) is 0 Å². The summed E-state index contributed by atoms with van der Waals surface area (Å²) in [5, 5.41) is 18.2. The van der Waals surface area contributed by atoms with Gasteiger partial charge in [0.25, 0.3) is 0 Å². The quantitative estimate of drug-likeness (QED) is 0.675. The van der Waals surface area contributed by atoms with Gasteiger partial charge < -0.3 is 15.4 Å². The minimum Gasteiger partial charge on any atom is -0.384 e. The molecule has 1 fully saturated rings. The van der Waals surface area contributed by atoms with Gasteiger partial charge in [-0.2, -0.15) is 0 Å². The average molecular weight is 198 g/mol. The standard InChI is InChI=1S/C11H22N2O/c1-9(2)8-10(12)11(14)4-6-13(3)7-5-11/h9,12,14H,4-8H2,1-3H3. The Kier molecular flexibility index (Phi) is 3.67. The molecule has 0 bridgehead atoms. The molecular formula is C11H22N2O. The predicted molar refractivity (Wildman–Crippen MR) is 58.9 cm³/mol. The third-order valence-electron chi connectivity index (χ3n) is 2.99. The zero-order chi connectivity index (χ0) is 10.8. The van der Waals surface area contributed by atoms with Gasteiger partial charge in [0.05, 0.1) is 0 Å². The summed E-state index contributed by atoms with van der Waals surface area (Å²) in [5.41, 5.74) is -0.280. The first-order valence-electron chi connectivity index (χ1n) is 5.43. The lowest BCUT2D eigenvalue weighted by Crippen LogP contribution is -2.48. The Hall–Kier alpha value is -0.410. The van der Waals surface area contributed by atoms with E-state index in [0.717, 1.165) is 32.4 Å². The summed E-state index contributed by atoms with van der Waals surface area (Å²) >= 11 is 0. The Morgan fingerprint density at radius 2 is 1.93 bits per heavy atom. The van der Waals surface area contributed by atoms with Gasteiger partial charge in [-0.25, -0.2) is 0 Å². The summed E-state index contributed by atoms with van der Waals surface area (Å²) < 4.78 is 0. The predicted octanol–water partition coefficient (Wildman–Crippen LogP) is 1.51. The van der Waals surface area contributed by atoms with Gasteiger partial charge in [-0.15, -0.1) is 0 Å². The van der Waals surface area contributed by atoms with E-state index < -0.39 is 5.60 Å². The van der Waals surface area contributed by atoms with E-state index in [1.54, 1.807) is 0 Å². The van der Waals surface area contributed by atoms with Crippen molar-refractivity contribution >= 4 is 5.71 Å². The van der Waals surface area contributed by atoms with Crippen LogP contribution in [0, 0.1) is 11.3 Å². The number of piperidine rings is 1. The van der Waals surface area contributed by atoms with Crippen molar-refractivity contribution in [2.24, 2.45) is 5.92 Å². The molecule has 1 saturated heterocycles. The number of hydrogen-bond acceptors (Lipinski definition) is 3. The van der Waals surface area contributed by atoms with Crippen molar-refractivity contribution in [2.45, 2.75) is 38.7 Å². The Bertz CT molecular complexity index is 205. The summed E-state index contributed by atoms with van der Waals surface area (Å²) in [6, 6.07) is 0. The highest BCUT2D eigenvalue weighted by Crippen LogP contribution is 2.25. The Labute approximate surface area is 86.6 Å². The van der Waals surface area contributed by atoms with Crippen LogP contribution in [0.25, 0.3) is 0 Å². The van der Waals surface area contributed by atoms with Gasteiger partial charge in [0.15, 0.2) is 0 Å². The lowest BCUT2D eigenvalue weighted by molar-refractivity contribution is 0.0407. The van der Waals surface area contributed by atoms with Crippen LogP contribution in [0.1, 0.15) is 33.1 Å². The fourth-order valence-electron chi connectivity index (χ4n) is 1.89. The molecule has 0 radical (unpaired) electrons. The van der Waals surface area contributed by atoms with E-state index in [9.17, 15) is 5.11 Å². The van der Waals surface area contributed by atoms with Crippen LogP contribution in [-0.2, 0) is 0 Å². The fraction of sp³-hybridized carbons (Fsp3) is 0.909. The van der Waals surface area contributed by atoms with Crippen LogP contribution < -0.4 is 0 Å². The maximum Gasteiger partial charge on any atom is 0.104 e. The van der Waals surface area contributed by atoms with Gasteiger partial charge in [-0.3, -0.25) is 0 Å². The lowest BCUT2D eigenvalue weighted by Gasteiger charge is -2.37. The first-order chi connectivity index (χ1) is 6.44. The molecule has 0 spiro atoms. The molecule has 1 heterocycles. The number of aliphatic hydroxyl groups is 1. The van der Waals surface area contributed by atoms with Crippen LogP contribution in [0.15, 0.2) is 0 Å². The minimum absolute atomic E-state index is 0.464. The topological polar surface area (TPSA) is 47.3 Å². The largest absolute Gasteiger partial charge is 0.384 e. The van der Waals surface area contributed by atoms with Gasteiger partial charge in [0, 0.05) is 18.8 Å². The molecule has 3 heteroatoms. The summed E-state index contributed by atoms with van der Waals surface area (Å²) in [7, 11) is 2.06. The van der Waals surface area contributed by atoms with E-state index in [1.165, 1.54) is 0 Å². The van der Waals surface area contributed by atoms with Crippen molar-refractivity contribution < 1.29 is 5.11 Å². The van der Waals surface area contributed by atoms with Crippen molar-refractivity contribution in [3.8, 4) is 0 Å². The molecule has 1 aliphatic rings. The number of rotatable bonds is 3. The van der Waals surface area contributed by atoms with Crippen molar-refractivity contribution in [2.75, 3.05) is 20.1 Å². The highest BCUT2D eigenvalue weighted by atomic mass is 16.3. The van der Waals surface area contributed by atoms with Crippen LogP contribution >= 0.6 is 0 Å². The van der Waals surface area contributed by atoms with Gasteiger partial charge in [0.1, 0.15) is 5.60 Å². The van der Waals surface area contributed by atoms with Gasteiger partial charge in [-0.05, 0) is 32.2 Å². The molecule has 0 atom stereocenters. The van der Waals surface area contributed by atoms with Crippen molar-refractivity contribution in [1.82, 2.24) is 4.90 Å². The molecule has 0 aromatic heterocycles. The zero-order valence-corrected chi connectivity index (χ0v) is 9.51. The third kappa shape index (κ3) is 2.79. The van der Waals surface area contributed by atoms with E-state index in [-0.39, 0.29) is 0 Å². The number of nitrogens with zero attached hydrogens (tertiary/aromatic N) is 1. The van der Waals surface area contributed by atoms with Crippen LogP contribution in [0.4, 0.5) is 0 Å². The summed E-state index contributed by atoms with van der Waals surface area (Å²) in [5.74, 6) is 0.464. The van der Waals surface area contributed by atoms with Gasteiger partial charge in [0.2, 0.25) is 0 Å². The monoisotopic (exact) mass is 198 g/mol. The van der Waals surface area contributed by atoms with E-state index in [0.29, 0.717) is 11.6 Å². The van der Waals surface area contributed by atoms with Crippen molar-refractivity contribution in [3.05, 3.63) is 0 Å². The molecule has 3 nitrogen and oxygen atoms in total. The maximum absolute atomic E-state index is 10.3. The Morgan fingerprint density at radius 1 is 1.43 bits per heavy atom. The van der Waals surface area contributed by atoms with Crippen LogP contribution in [-0.4, -0.2) is 41.5 Å². The molecule has 14 heavy (non-hydrogen) atoms. The van der Waals surface area contributed by atoms with Crippen molar-refractivity contribution in [1.29, 1.82) is 5.41 Å². The molecule has 0 aromatic rings. The highest BCUT2D eigenvalue weighted by molar-refractivity contribution is 5.89. The first-order valence-corrected chi connectivity index (χ1v) is 5.43. The second-order valence-corrected chi connectivity index (χ2v) is 4.91. The Balaban J connectivity index is 2.52. The molecule has 1 rings (SSSR count). The normalized spacial score (nSPS) is 22.6. The average Bonchev–Trinajstić information content (AvgIpc) is 2.09. The molecule has 0 unspecified atom stereocenters. The van der Waals surface area contributed by atoms with E-state index in [1.807, 2.05) is 0 Å². The molecule has 1 aliphatic heterocycles. The second-order valence-electron chi connectivity index (χ2n) is 4.91. The molecule has 0 saturated carbocycles. The molecule has 2 N–H and O–H groups in total. The van der Waals surface area contributed by atoms with E-state index >= 15 is 0 Å². The summed E-state index contributed by atoms with van der Waals surface area (Å²) in [4.78, 5) is 2.21. The molecule has 0 aromatic carbocycles. The number of hydrogen-bond donors (Lipinski definition) is 2. The highest BCUT2D eigenvalue weighted by Gasteiger charge is 2.35. The Morgan fingerprint density at radius 3 is 2.36 bits per heavy atom. The number of likely N-dealkylation sites (tertiary alicyclic amines) is 1. The first kappa shape index (κ1) is 11.7. The molecular weight excluding hydrogens is 176 g/mol. The molecule has 0 aliphatic carbocycles. The SMILES string of the molecule is CC(C)CC(=N)C1(O)CCN(C)CC1. The molecule has 82 valence electrons. The second kappa shape index (κ2) is 4.41. The van der Waals surface area contributed by atoms with Crippen molar-refractivity contribution in [3.63, 3.8) is 0 Å². The lowest BCUT2D eigenvalue weighted by atomic mass is 9.83. The minimum atomic E-state index is -0.809. The van der Waals surface area contributed by atoms with Gasteiger partial charge >= 0.3 is 0 Å². The smallest absolute Gasteiger partial charge is 0.104 e. The maximum atomic E-state index is 10.3. The van der Waals surface area contributed by atoms with E-state index in [2.05, 4.69) is 25.8 Å². The number of nitrogens with one attached hydrogen (secondary N) is 1. The zero-order valence-electron chi connectivity index (χ0n) is 9.51. The van der Waals surface area contributed by atoms with Crippen LogP contribution in [0.2, 0.25) is 0 Å². The molecule has 0 amide bonds. The third-order valence-corrected chi connectivity index (χ3v) is 2.99. The van der Waals surface area contributed by atoms with E-state index in [4.69, 9.17) is 5.41 Å². The summed E-state index contributed by atoms with van der Waals surface area (Å²) in [6.07, 6.45) is 2.16. The van der Waals surface area contributed by atoms with Crippen LogP contribution in [0.5, 0.6) is 0 Å². The fourth-order valence-corrected chi connectivity index (χ4v) is 1.89. The summed E-state index contributed by atoms with van der Waals surface area (Å²) in [6.45, 7) is 5.98. The van der Waals surface area contributed by atoms with Gasteiger partial charge in [-0.1, -0.05) is 13.8 Å².